The van der Waals surface area contributed by atoms with Gasteiger partial charge in [-0.1, -0.05) is 66.7 Å². The first kappa shape index (κ1) is 14.3. The maximum atomic E-state index is 4.51. The summed E-state index contributed by atoms with van der Waals surface area (Å²) < 4.78 is 0. The summed E-state index contributed by atoms with van der Waals surface area (Å²) in [5.41, 5.74) is 6.08. The van der Waals surface area contributed by atoms with Crippen molar-refractivity contribution in [1.29, 1.82) is 0 Å². The SMILES string of the molecule is Cc1cnc(C=Cc2ccccc2)cc1Cc1ccccc1. The van der Waals surface area contributed by atoms with E-state index in [9.17, 15) is 0 Å². The zero-order valence-electron chi connectivity index (χ0n) is 12.7. The average molecular weight is 285 g/mol. The Bertz CT molecular complexity index is 758. The predicted octanol–water partition coefficient (Wildman–Crippen LogP) is 5.15. The van der Waals surface area contributed by atoms with Gasteiger partial charge < -0.3 is 0 Å². The zero-order chi connectivity index (χ0) is 15.2. The van der Waals surface area contributed by atoms with Gasteiger partial charge >= 0.3 is 0 Å². The lowest BCUT2D eigenvalue weighted by Crippen LogP contribution is -1.94. The van der Waals surface area contributed by atoms with Crippen LogP contribution in [0.5, 0.6) is 0 Å². The molecule has 0 radical (unpaired) electrons. The Morgan fingerprint density at radius 3 is 2.27 bits per heavy atom. The van der Waals surface area contributed by atoms with Crippen LogP contribution in [0.25, 0.3) is 12.2 Å². The number of aryl methyl sites for hydroxylation is 1. The van der Waals surface area contributed by atoms with E-state index >= 15 is 0 Å². The molecule has 0 N–H and O–H groups in total. The van der Waals surface area contributed by atoms with Crippen LogP contribution in [0.4, 0.5) is 0 Å². The Morgan fingerprint density at radius 1 is 0.864 bits per heavy atom. The summed E-state index contributed by atoms with van der Waals surface area (Å²) in [6, 6.07) is 23.0. The molecule has 3 aromatic rings. The Hall–Kier alpha value is -2.67. The van der Waals surface area contributed by atoms with Crippen molar-refractivity contribution >= 4 is 12.2 Å². The lowest BCUT2D eigenvalue weighted by molar-refractivity contribution is 1.11. The fourth-order valence-electron chi connectivity index (χ4n) is 2.43. The van der Waals surface area contributed by atoms with Crippen molar-refractivity contribution in [2.75, 3.05) is 0 Å². The van der Waals surface area contributed by atoms with Crippen LogP contribution < -0.4 is 0 Å². The Balaban J connectivity index is 1.82. The summed E-state index contributed by atoms with van der Waals surface area (Å²) in [6.45, 7) is 2.12. The number of rotatable bonds is 4. The molecule has 0 aliphatic rings. The Kier molecular flexibility index (Phi) is 4.45. The van der Waals surface area contributed by atoms with Crippen LogP contribution in [0, 0.1) is 6.92 Å². The van der Waals surface area contributed by atoms with Crippen LogP contribution in [0.2, 0.25) is 0 Å². The number of pyridine rings is 1. The first-order valence-corrected chi connectivity index (χ1v) is 7.54. The van der Waals surface area contributed by atoms with Gasteiger partial charge in [0.25, 0.3) is 0 Å². The summed E-state index contributed by atoms with van der Waals surface area (Å²) >= 11 is 0. The third kappa shape index (κ3) is 3.70. The van der Waals surface area contributed by atoms with Crippen LogP contribution in [0.3, 0.4) is 0 Å². The topological polar surface area (TPSA) is 12.9 Å². The monoisotopic (exact) mass is 285 g/mol. The van der Waals surface area contributed by atoms with Crippen molar-refractivity contribution in [3.05, 3.63) is 101 Å². The minimum atomic E-state index is 0.946. The summed E-state index contributed by atoms with van der Waals surface area (Å²) in [7, 11) is 0. The van der Waals surface area contributed by atoms with Gasteiger partial charge in [0.2, 0.25) is 0 Å². The van der Waals surface area contributed by atoms with Crippen molar-refractivity contribution < 1.29 is 0 Å². The van der Waals surface area contributed by atoms with E-state index < -0.39 is 0 Å². The zero-order valence-corrected chi connectivity index (χ0v) is 12.7. The molecular formula is C21H19N. The lowest BCUT2D eigenvalue weighted by atomic mass is 10.0. The molecule has 0 aliphatic heterocycles. The quantitative estimate of drug-likeness (QED) is 0.646. The molecule has 0 saturated heterocycles. The largest absolute Gasteiger partial charge is 0.257 e. The summed E-state index contributed by atoms with van der Waals surface area (Å²) in [6.07, 6.45) is 7.08. The number of nitrogens with zero attached hydrogens (tertiary/aromatic N) is 1. The summed E-state index contributed by atoms with van der Waals surface area (Å²) in [5, 5.41) is 0. The second-order valence-electron chi connectivity index (χ2n) is 5.44. The molecule has 0 unspecified atom stereocenters. The van der Waals surface area contributed by atoms with Crippen LogP contribution in [-0.2, 0) is 6.42 Å². The minimum Gasteiger partial charge on any atom is -0.257 e. The van der Waals surface area contributed by atoms with Gasteiger partial charge in [0.05, 0.1) is 5.69 Å². The highest BCUT2D eigenvalue weighted by atomic mass is 14.7. The van der Waals surface area contributed by atoms with E-state index in [2.05, 4.69) is 72.6 Å². The number of aromatic nitrogens is 1. The number of hydrogen-bond donors (Lipinski definition) is 0. The van der Waals surface area contributed by atoms with Crippen molar-refractivity contribution in [3.63, 3.8) is 0 Å². The molecule has 0 aliphatic carbocycles. The molecule has 2 aromatic carbocycles. The Labute approximate surface area is 132 Å². The van der Waals surface area contributed by atoms with Crippen LogP contribution in [0.15, 0.2) is 72.9 Å². The van der Waals surface area contributed by atoms with Gasteiger partial charge in [0.1, 0.15) is 0 Å². The first-order valence-electron chi connectivity index (χ1n) is 7.54. The summed E-state index contributed by atoms with van der Waals surface area (Å²) in [4.78, 5) is 4.51. The van der Waals surface area contributed by atoms with Gasteiger partial charge in [0.15, 0.2) is 0 Å². The van der Waals surface area contributed by atoms with E-state index in [0.29, 0.717) is 0 Å². The van der Waals surface area contributed by atoms with Crippen LogP contribution >= 0.6 is 0 Å². The third-order valence-electron chi connectivity index (χ3n) is 3.72. The predicted molar refractivity (Wildman–Crippen MR) is 93.6 cm³/mol. The standard InChI is InChI=1S/C21H19N/c1-17-16-22-21(13-12-18-8-4-2-5-9-18)15-20(17)14-19-10-6-3-7-11-19/h2-13,15-16H,14H2,1H3. The van der Waals surface area contributed by atoms with Gasteiger partial charge in [-0.15, -0.1) is 0 Å². The smallest absolute Gasteiger partial charge is 0.0632 e. The first-order chi connectivity index (χ1) is 10.8. The van der Waals surface area contributed by atoms with Crippen molar-refractivity contribution in [1.82, 2.24) is 4.98 Å². The molecule has 0 spiro atoms. The summed E-state index contributed by atoms with van der Waals surface area (Å²) in [5.74, 6) is 0. The average Bonchev–Trinajstić information content (AvgIpc) is 2.57. The molecular weight excluding hydrogens is 266 g/mol. The van der Waals surface area contributed by atoms with E-state index in [4.69, 9.17) is 0 Å². The maximum absolute atomic E-state index is 4.51. The molecule has 0 amide bonds. The van der Waals surface area contributed by atoms with E-state index in [1.807, 2.05) is 24.4 Å². The fraction of sp³-hybridized carbons (Fsp3) is 0.0952. The minimum absolute atomic E-state index is 0.946. The molecule has 3 rings (SSSR count). The molecule has 1 aromatic heterocycles. The highest BCUT2D eigenvalue weighted by Gasteiger charge is 2.02. The van der Waals surface area contributed by atoms with Gasteiger partial charge in [-0.05, 0) is 47.7 Å². The highest BCUT2D eigenvalue weighted by Crippen LogP contribution is 2.16. The van der Waals surface area contributed by atoms with E-state index in [-0.39, 0.29) is 0 Å². The second-order valence-corrected chi connectivity index (χ2v) is 5.44. The molecule has 108 valence electrons. The highest BCUT2D eigenvalue weighted by molar-refractivity contribution is 5.68. The van der Waals surface area contributed by atoms with Crippen LogP contribution in [0.1, 0.15) is 27.9 Å². The van der Waals surface area contributed by atoms with Crippen molar-refractivity contribution in [2.24, 2.45) is 0 Å². The molecule has 0 saturated carbocycles. The molecule has 0 bridgehead atoms. The molecule has 22 heavy (non-hydrogen) atoms. The lowest BCUT2D eigenvalue weighted by Gasteiger charge is -2.07. The van der Waals surface area contributed by atoms with Crippen LogP contribution in [-0.4, -0.2) is 4.98 Å². The molecule has 1 heteroatoms. The molecule has 1 heterocycles. The van der Waals surface area contributed by atoms with Crippen molar-refractivity contribution in [3.8, 4) is 0 Å². The molecule has 0 fully saturated rings. The Morgan fingerprint density at radius 2 is 1.55 bits per heavy atom. The van der Waals surface area contributed by atoms with E-state index in [1.165, 1.54) is 22.3 Å². The van der Waals surface area contributed by atoms with Gasteiger partial charge in [-0.3, -0.25) is 4.98 Å². The molecule has 1 nitrogen and oxygen atoms in total. The van der Waals surface area contributed by atoms with Crippen molar-refractivity contribution in [2.45, 2.75) is 13.3 Å². The van der Waals surface area contributed by atoms with Gasteiger partial charge in [-0.25, -0.2) is 0 Å². The normalized spacial score (nSPS) is 11.0. The van der Waals surface area contributed by atoms with Gasteiger partial charge in [-0.2, -0.15) is 0 Å². The van der Waals surface area contributed by atoms with Gasteiger partial charge in [0, 0.05) is 6.20 Å². The molecule has 0 atom stereocenters. The third-order valence-corrected chi connectivity index (χ3v) is 3.72. The maximum Gasteiger partial charge on any atom is 0.0632 e. The fourth-order valence-corrected chi connectivity index (χ4v) is 2.43. The second kappa shape index (κ2) is 6.86. The van der Waals surface area contributed by atoms with E-state index in [0.717, 1.165) is 12.1 Å². The number of hydrogen-bond acceptors (Lipinski definition) is 1. The number of benzene rings is 2. The van der Waals surface area contributed by atoms with E-state index in [1.54, 1.807) is 0 Å².